The molecule has 2 N–H and O–H groups in total. The van der Waals surface area contributed by atoms with Crippen LogP contribution in [0.1, 0.15) is 23.7 Å². The van der Waals surface area contributed by atoms with E-state index in [0.29, 0.717) is 23.1 Å². The molecule has 106 valence electrons. The Kier molecular flexibility index (Phi) is 5.95. The lowest BCUT2D eigenvalue weighted by molar-refractivity contribution is 0.0601. The molecule has 0 bridgehead atoms. The first kappa shape index (κ1) is 15.6. The highest BCUT2D eigenvalue weighted by atomic mass is 32.2. The van der Waals surface area contributed by atoms with Crippen LogP contribution in [0.4, 0.5) is 11.5 Å². The molecule has 19 heavy (non-hydrogen) atoms. The Morgan fingerprint density at radius 1 is 1.63 bits per heavy atom. The minimum Gasteiger partial charge on any atom is -0.465 e. The summed E-state index contributed by atoms with van der Waals surface area (Å²) in [6.07, 6.45) is 4.60. The molecule has 0 aliphatic heterocycles. The molecule has 1 rings (SSSR count). The third-order valence-electron chi connectivity index (χ3n) is 3.01. The molecule has 0 amide bonds. The Labute approximate surface area is 118 Å². The van der Waals surface area contributed by atoms with E-state index in [1.807, 2.05) is 11.9 Å². The number of aromatic nitrogens is 1. The summed E-state index contributed by atoms with van der Waals surface area (Å²) >= 11 is 1.77. The number of methoxy groups -OCH3 is 1. The van der Waals surface area contributed by atoms with Gasteiger partial charge in [-0.25, -0.2) is 9.78 Å². The largest absolute Gasteiger partial charge is 0.465 e. The van der Waals surface area contributed by atoms with E-state index in [0.717, 1.165) is 12.2 Å². The second-order valence-electron chi connectivity index (χ2n) is 4.26. The fourth-order valence-corrected chi connectivity index (χ4v) is 2.73. The van der Waals surface area contributed by atoms with Crippen molar-refractivity contribution >= 4 is 29.2 Å². The van der Waals surface area contributed by atoms with Crippen LogP contribution in [-0.4, -0.2) is 43.2 Å². The monoisotopic (exact) mass is 283 g/mol. The van der Waals surface area contributed by atoms with E-state index in [2.05, 4.69) is 18.2 Å². The first-order chi connectivity index (χ1) is 9.04. The van der Waals surface area contributed by atoms with Gasteiger partial charge >= 0.3 is 5.97 Å². The number of rotatable bonds is 6. The van der Waals surface area contributed by atoms with Crippen LogP contribution in [0, 0.1) is 0 Å². The Morgan fingerprint density at radius 3 is 2.84 bits per heavy atom. The number of hydrogen-bond acceptors (Lipinski definition) is 6. The Bertz CT molecular complexity index is 440. The van der Waals surface area contributed by atoms with Gasteiger partial charge in [-0.2, -0.15) is 11.8 Å². The fourth-order valence-electron chi connectivity index (χ4n) is 1.88. The van der Waals surface area contributed by atoms with Crippen molar-refractivity contribution in [1.82, 2.24) is 4.98 Å². The summed E-state index contributed by atoms with van der Waals surface area (Å²) in [5.74, 6) is 1.17. The van der Waals surface area contributed by atoms with Crippen LogP contribution in [-0.2, 0) is 4.74 Å². The molecule has 1 unspecified atom stereocenters. The van der Waals surface area contributed by atoms with E-state index in [-0.39, 0.29) is 0 Å². The highest BCUT2D eigenvalue weighted by Gasteiger charge is 2.21. The highest BCUT2D eigenvalue weighted by molar-refractivity contribution is 7.98. The normalized spacial score (nSPS) is 12.0. The van der Waals surface area contributed by atoms with Gasteiger partial charge in [0, 0.05) is 18.8 Å². The number of pyridine rings is 1. The maximum absolute atomic E-state index is 11.8. The lowest BCUT2D eigenvalue weighted by atomic mass is 10.2. The summed E-state index contributed by atoms with van der Waals surface area (Å²) in [6, 6.07) is 1.92. The van der Waals surface area contributed by atoms with Crippen molar-refractivity contribution in [2.24, 2.45) is 0 Å². The van der Waals surface area contributed by atoms with Gasteiger partial charge in [-0.05, 0) is 18.7 Å². The maximum Gasteiger partial charge on any atom is 0.341 e. The van der Waals surface area contributed by atoms with Gasteiger partial charge in [0.1, 0.15) is 11.4 Å². The van der Waals surface area contributed by atoms with Crippen LogP contribution in [0.15, 0.2) is 12.3 Å². The topological polar surface area (TPSA) is 68.5 Å². The van der Waals surface area contributed by atoms with E-state index < -0.39 is 5.97 Å². The molecule has 0 saturated carbocycles. The summed E-state index contributed by atoms with van der Waals surface area (Å²) in [7, 11) is 3.30. The summed E-state index contributed by atoms with van der Waals surface area (Å²) < 4.78 is 4.79. The van der Waals surface area contributed by atoms with Crippen LogP contribution in [0.25, 0.3) is 0 Å². The van der Waals surface area contributed by atoms with E-state index in [1.54, 1.807) is 24.0 Å². The number of carbonyl (C=O) groups is 1. The van der Waals surface area contributed by atoms with Crippen molar-refractivity contribution in [3.05, 3.63) is 17.8 Å². The predicted molar refractivity (Wildman–Crippen MR) is 80.9 cm³/mol. The SMILES string of the molecule is CCC(CSC)N(C)c1ncc(N)cc1C(=O)OC. The van der Waals surface area contributed by atoms with Gasteiger partial charge in [0.25, 0.3) is 0 Å². The second-order valence-corrected chi connectivity index (χ2v) is 5.17. The van der Waals surface area contributed by atoms with Crippen LogP contribution in [0.2, 0.25) is 0 Å². The molecule has 0 aliphatic rings. The first-order valence-electron chi connectivity index (χ1n) is 6.10. The van der Waals surface area contributed by atoms with Gasteiger partial charge < -0.3 is 15.4 Å². The highest BCUT2D eigenvalue weighted by Crippen LogP contribution is 2.23. The zero-order chi connectivity index (χ0) is 14.4. The van der Waals surface area contributed by atoms with Crippen molar-refractivity contribution in [2.45, 2.75) is 19.4 Å². The number of esters is 1. The number of nitrogen functional groups attached to an aromatic ring is 1. The lowest BCUT2D eigenvalue weighted by Gasteiger charge is -2.29. The van der Waals surface area contributed by atoms with Crippen LogP contribution < -0.4 is 10.6 Å². The molecular formula is C13H21N3O2S. The van der Waals surface area contributed by atoms with Crippen LogP contribution in [0.3, 0.4) is 0 Å². The zero-order valence-corrected chi connectivity index (χ0v) is 12.7. The van der Waals surface area contributed by atoms with Crippen molar-refractivity contribution in [2.75, 3.05) is 36.8 Å². The van der Waals surface area contributed by atoms with Gasteiger partial charge in [-0.3, -0.25) is 0 Å². The summed E-state index contributed by atoms with van der Waals surface area (Å²) in [6.45, 7) is 2.12. The Morgan fingerprint density at radius 2 is 2.32 bits per heavy atom. The molecule has 5 nitrogen and oxygen atoms in total. The molecular weight excluding hydrogens is 262 g/mol. The third-order valence-corrected chi connectivity index (χ3v) is 3.72. The van der Waals surface area contributed by atoms with Gasteiger partial charge in [0.2, 0.25) is 0 Å². The molecule has 1 aromatic rings. The number of ether oxygens (including phenoxy) is 1. The molecule has 0 radical (unpaired) electrons. The Hall–Kier alpha value is -1.43. The van der Waals surface area contributed by atoms with E-state index in [9.17, 15) is 4.79 Å². The van der Waals surface area contributed by atoms with Gasteiger partial charge in [0.05, 0.1) is 19.0 Å². The van der Waals surface area contributed by atoms with Crippen LogP contribution in [0.5, 0.6) is 0 Å². The van der Waals surface area contributed by atoms with Crippen molar-refractivity contribution in [1.29, 1.82) is 0 Å². The Balaban J connectivity index is 3.14. The number of carbonyl (C=O) groups excluding carboxylic acids is 1. The number of thioether (sulfide) groups is 1. The summed E-state index contributed by atoms with van der Waals surface area (Å²) in [5, 5.41) is 0. The second kappa shape index (κ2) is 7.23. The van der Waals surface area contributed by atoms with Crippen molar-refractivity contribution in [3.8, 4) is 0 Å². The van der Waals surface area contributed by atoms with Crippen molar-refractivity contribution < 1.29 is 9.53 Å². The summed E-state index contributed by atoms with van der Waals surface area (Å²) in [4.78, 5) is 18.1. The minimum absolute atomic E-state index is 0.314. The van der Waals surface area contributed by atoms with Crippen molar-refractivity contribution in [3.63, 3.8) is 0 Å². The molecule has 6 heteroatoms. The average Bonchev–Trinajstić information content (AvgIpc) is 2.43. The number of anilines is 2. The molecule has 0 aromatic carbocycles. The van der Waals surface area contributed by atoms with E-state index >= 15 is 0 Å². The van der Waals surface area contributed by atoms with Gasteiger partial charge in [0.15, 0.2) is 0 Å². The van der Waals surface area contributed by atoms with E-state index in [4.69, 9.17) is 10.5 Å². The average molecular weight is 283 g/mol. The van der Waals surface area contributed by atoms with Gasteiger partial charge in [-0.15, -0.1) is 0 Å². The third kappa shape index (κ3) is 3.76. The number of nitrogens with zero attached hydrogens (tertiary/aromatic N) is 2. The molecule has 1 aromatic heterocycles. The fraction of sp³-hybridized carbons (Fsp3) is 0.538. The molecule has 1 atom stereocenters. The molecule has 0 saturated heterocycles. The standard InChI is InChI=1S/C13H21N3O2S/c1-5-10(8-19-4)16(2)12-11(13(17)18-3)6-9(14)7-15-12/h6-7,10H,5,8,14H2,1-4H3. The molecule has 1 heterocycles. The maximum atomic E-state index is 11.8. The first-order valence-corrected chi connectivity index (χ1v) is 7.50. The number of nitrogens with two attached hydrogens (primary N) is 1. The predicted octanol–water partition coefficient (Wildman–Crippen LogP) is 2.03. The van der Waals surface area contributed by atoms with Crippen LogP contribution >= 0.6 is 11.8 Å². The summed E-state index contributed by atoms with van der Waals surface area (Å²) in [5.41, 5.74) is 6.56. The van der Waals surface area contributed by atoms with Gasteiger partial charge in [-0.1, -0.05) is 6.92 Å². The van der Waals surface area contributed by atoms with E-state index in [1.165, 1.54) is 7.11 Å². The molecule has 0 fully saturated rings. The minimum atomic E-state index is -0.416. The number of hydrogen-bond donors (Lipinski definition) is 1. The smallest absolute Gasteiger partial charge is 0.341 e. The lowest BCUT2D eigenvalue weighted by Crippen LogP contribution is -2.35. The zero-order valence-electron chi connectivity index (χ0n) is 11.8. The quantitative estimate of drug-likeness (QED) is 0.806. The molecule has 0 spiro atoms. The molecule has 0 aliphatic carbocycles.